The van der Waals surface area contributed by atoms with E-state index in [9.17, 15) is 9.59 Å². The Labute approximate surface area is 177 Å². The van der Waals surface area contributed by atoms with Gasteiger partial charge in [-0.2, -0.15) is 0 Å². The summed E-state index contributed by atoms with van der Waals surface area (Å²) in [6, 6.07) is 11.5. The van der Waals surface area contributed by atoms with E-state index in [0.717, 1.165) is 33.3 Å². The first-order valence-electron chi connectivity index (χ1n) is 10.6. The molecule has 1 aromatic heterocycles. The second-order valence-corrected chi connectivity index (χ2v) is 7.60. The fourth-order valence-corrected chi connectivity index (χ4v) is 4.38. The fourth-order valence-electron chi connectivity index (χ4n) is 4.38. The number of primary amides is 1. The summed E-state index contributed by atoms with van der Waals surface area (Å²) in [5, 5.41) is 0.850. The first-order valence-corrected chi connectivity index (χ1v) is 10.6. The summed E-state index contributed by atoms with van der Waals surface area (Å²) in [5.74, 6) is -0.217. The van der Waals surface area contributed by atoms with Gasteiger partial charge in [0.1, 0.15) is 5.75 Å². The van der Waals surface area contributed by atoms with E-state index in [2.05, 4.69) is 0 Å². The second-order valence-electron chi connectivity index (χ2n) is 7.60. The summed E-state index contributed by atoms with van der Waals surface area (Å²) >= 11 is 0. The number of nitrogens with zero attached hydrogens (tertiary/aromatic N) is 1. The molecular weight excluding hydrogens is 376 g/mol. The summed E-state index contributed by atoms with van der Waals surface area (Å²) in [6.45, 7) is 10.3. The maximum absolute atomic E-state index is 13.8. The number of nitrogens with two attached hydrogens (primary N) is 1. The highest BCUT2D eigenvalue weighted by Crippen LogP contribution is 2.37. The molecular formula is C25H30N2O3. The molecule has 3 aromatic rings. The number of fused-ring (bicyclic) bond motifs is 1. The largest absolute Gasteiger partial charge is 0.494 e. The van der Waals surface area contributed by atoms with Gasteiger partial charge in [0.05, 0.1) is 18.0 Å². The van der Waals surface area contributed by atoms with Gasteiger partial charge in [-0.05, 0) is 68.5 Å². The van der Waals surface area contributed by atoms with Crippen LogP contribution in [0.4, 0.5) is 0 Å². The van der Waals surface area contributed by atoms with Crippen molar-refractivity contribution in [2.45, 2.75) is 53.4 Å². The standard InChI is InChI=1S/C25H30N2O3/c1-6-18(24(26)28)23-19-14-17(30-8-3)12-13-21(19)27(20(23)7-2)25(29)22-15(4)10-9-11-16(22)5/h9-14,18H,6-8H2,1-5H3,(H2,26,28). The van der Waals surface area contributed by atoms with Crippen molar-refractivity contribution >= 4 is 22.7 Å². The van der Waals surface area contributed by atoms with Crippen LogP contribution in [0.2, 0.25) is 0 Å². The van der Waals surface area contributed by atoms with Crippen molar-refractivity contribution < 1.29 is 14.3 Å². The molecule has 3 rings (SSSR count). The molecule has 5 heteroatoms. The maximum atomic E-state index is 13.8. The lowest BCUT2D eigenvalue weighted by molar-refractivity contribution is -0.119. The summed E-state index contributed by atoms with van der Waals surface area (Å²) in [4.78, 5) is 26.1. The summed E-state index contributed by atoms with van der Waals surface area (Å²) in [6.07, 6.45) is 1.17. The first-order chi connectivity index (χ1) is 14.3. The minimum atomic E-state index is -0.466. The van der Waals surface area contributed by atoms with Gasteiger partial charge < -0.3 is 10.5 Å². The molecule has 1 heterocycles. The fraction of sp³-hybridized carbons (Fsp3) is 0.360. The summed E-state index contributed by atoms with van der Waals surface area (Å²) in [5.41, 5.74) is 10.8. The van der Waals surface area contributed by atoms with Crippen LogP contribution < -0.4 is 10.5 Å². The first kappa shape index (κ1) is 21.6. The number of aromatic nitrogens is 1. The van der Waals surface area contributed by atoms with Gasteiger partial charge >= 0.3 is 0 Å². The molecule has 2 aromatic carbocycles. The highest BCUT2D eigenvalue weighted by molar-refractivity contribution is 6.07. The van der Waals surface area contributed by atoms with Crippen LogP contribution in [0.25, 0.3) is 10.9 Å². The topological polar surface area (TPSA) is 74.3 Å². The van der Waals surface area contributed by atoms with Gasteiger partial charge in [-0.1, -0.05) is 32.0 Å². The molecule has 0 aliphatic carbocycles. The van der Waals surface area contributed by atoms with Crippen molar-refractivity contribution in [1.29, 1.82) is 0 Å². The van der Waals surface area contributed by atoms with Crippen molar-refractivity contribution in [2.75, 3.05) is 6.61 Å². The Balaban J connectivity index is 2.39. The lowest BCUT2D eigenvalue weighted by Crippen LogP contribution is -2.23. The van der Waals surface area contributed by atoms with Crippen LogP contribution >= 0.6 is 0 Å². The average molecular weight is 407 g/mol. The molecule has 5 nitrogen and oxygen atoms in total. The van der Waals surface area contributed by atoms with E-state index in [1.165, 1.54) is 0 Å². The predicted molar refractivity (Wildman–Crippen MR) is 120 cm³/mol. The normalized spacial score (nSPS) is 12.2. The van der Waals surface area contributed by atoms with Crippen molar-refractivity contribution in [3.63, 3.8) is 0 Å². The van der Waals surface area contributed by atoms with E-state index in [1.807, 2.05) is 71.0 Å². The molecule has 0 saturated carbocycles. The van der Waals surface area contributed by atoms with Crippen LogP contribution in [0.1, 0.15) is 65.9 Å². The highest BCUT2D eigenvalue weighted by atomic mass is 16.5. The van der Waals surface area contributed by atoms with Crippen molar-refractivity contribution in [2.24, 2.45) is 5.73 Å². The van der Waals surface area contributed by atoms with Crippen LogP contribution in [-0.4, -0.2) is 23.0 Å². The molecule has 0 aliphatic rings. The van der Waals surface area contributed by atoms with Gasteiger partial charge in [0, 0.05) is 16.6 Å². The summed E-state index contributed by atoms with van der Waals surface area (Å²) < 4.78 is 7.46. The summed E-state index contributed by atoms with van der Waals surface area (Å²) in [7, 11) is 0. The highest BCUT2D eigenvalue weighted by Gasteiger charge is 2.29. The quantitative estimate of drug-likeness (QED) is 0.607. The minimum absolute atomic E-state index is 0.0813. The predicted octanol–water partition coefficient (Wildman–Crippen LogP) is 4.89. The van der Waals surface area contributed by atoms with Crippen LogP contribution in [0.15, 0.2) is 36.4 Å². The van der Waals surface area contributed by atoms with E-state index in [0.29, 0.717) is 30.8 Å². The molecule has 0 radical (unpaired) electrons. The Hall–Kier alpha value is -3.08. The van der Waals surface area contributed by atoms with Crippen LogP contribution in [-0.2, 0) is 11.2 Å². The molecule has 1 amide bonds. The third kappa shape index (κ3) is 3.60. The van der Waals surface area contributed by atoms with Gasteiger partial charge in [-0.3, -0.25) is 14.2 Å². The average Bonchev–Trinajstić information content (AvgIpc) is 3.02. The molecule has 0 aliphatic heterocycles. The van der Waals surface area contributed by atoms with Gasteiger partial charge in [-0.25, -0.2) is 0 Å². The second kappa shape index (κ2) is 8.74. The van der Waals surface area contributed by atoms with E-state index in [4.69, 9.17) is 10.5 Å². The van der Waals surface area contributed by atoms with E-state index < -0.39 is 5.92 Å². The number of ether oxygens (including phenoxy) is 1. The van der Waals surface area contributed by atoms with Gasteiger partial charge in [0.2, 0.25) is 5.91 Å². The van der Waals surface area contributed by atoms with Gasteiger partial charge in [-0.15, -0.1) is 0 Å². The zero-order valence-corrected chi connectivity index (χ0v) is 18.4. The Morgan fingerprint density at radius 1 is 1.07 bits per heavy atom. The minimum Gasteiger partial charge on any atom is -0.494 e. The molecule has 0 spiro atoms. The zero-order chi connectivity index (χ0) is 22.0. The van der Waals surface area contributed by atoms with Crippen molar-refractivity contribution in [3.05, 3.63) is 64.3 Å². The van der Waals surface area contributed by atoms with Crippen molar-refractivity contribution in [1.82, 2.24) is 4.57 Å². The molecule has 1 atom stereocenters. The number of rotatable bonds is 7. The lowest BCUT2D eigenvalue weighted by atomic mass is 9.92. The Morgan fingerprint density at radius 2 is 1.73 bits per heavy atom. The molecule has 1 unspecified atom stereocenters. The number of aryl methyl sites for hydroxylation is 2. The molecule has 0 bridgehead atoms. The molecule has 2 N–H and O–H groups in total. The Kier molecular flexibility index (Phi) is 6.30. The van der Waals surface area contributed by atoms with E-state index in [-0.39, 0.29) is 11.8 Å². The number of carbonyl (C=O) groups excluding carboxylic acids is 2. The Bertz CT molecular complexity index is 1090. The number of amides is 1. The number of benzene rings is 2. The number of carbonyl (C=O) groups is 2. The van der Waals surface area contributed by atoms with Crippen molar-refractivity contribution in [3.8, 4) is 5.75 Å². The van der Waals surface area contributed by atoms with Gasteiger partial charge in [0.25, 0.3) is 5.91 Å². The van der Waals surface area contributed by atoms with Crippen LogP contribution in [0.5, 0.6) is 5.75 Å². The smallest absolute Gasteiger partial charge is 0.263 e. The molecule has 158 valence electrons. The third-order valence-corrected chi connectivity index (χ3v) is 5.72. The Morgan fingerprint density at radius 3 is 2.27 bits per heavy atom. The van der Waals surface area contributed by atoms with Crippen LogP contribution in [0, 0.1) is 13.8 Å². The number of hydrogen-bond donors (Lipinski definition) is 1. The monoisotopic (exact) mass is 406 g/mol. The number of hydrogen-bond acceptors (Lipinski definition) is 3. The molecule has 0 saturated heterocycles. The van der Waals surface area contributed by atoms with Crippen LogP contribution in [0.3, 0.4) is 0 Å². The van der Waals surface area contributed by atoms with E-state index >= 15 is 0 Å². The lowest BCUT2D eigenvalue weighted by Gasteiger charge is -2.16. The zero-order valence-electron chi connectivity index (χ0n) is 18.4. The molecule has 0 fully saturated rings. The third-order valence-electron chi connectivity index (χ3n) is 5.72. The van der Waals surface area contributed by atoms with Gasteiger partial charge in [0.15, 0.2) is 0 Å². The SMILES string of the molecule is CCOc1ccc2c(c1)c(C(CC)C(N)=O)c(CC)n2C(=O)c1c(C)cccc1C. The van der Waals surface area contributed by atoms with E-state index in [1.54, 1.807) is 4.57 Å². The molecule has 30 heavy (non-hydrogen) atoms. The maximum Gasteiger partial charge on any atom is 0.263 e.